The Bertz CT molecular complexity index is 1890. The molecule has 0 spiro atoms. The molecule has 5 heteroatoms. The molecule has 5 aromatic rings. The SMILES string of the molecule is CCCCOC(=O)c1cc(C)ccc1-c1ccc(Cn2c(C)c(C)c3cc(C(=O)N[C@@H](C)c4ccc(C(C)(C)C)cc4)ccc32)cc1. The molecule has 1 heterocycles. The number of unbranched alkanes of at least 4 members (excludes halogenated alkanes) is 1. The molecule has 47 heavy (non-hydrogen) atoms. The number of fused-ring (bicyclic) bond motifs is 1. The van der Waals surface area contributed by atoms with Gasteiger partial charge < -0.3 is 14.6 Å². The van der Waals surface area contributed by atoms with Gasteiger partial charge in [-0.1, -0.05) is 100 Å². The molecule has 1 atom stereocenters. The minimum absolute atomic E-state index is 0.0793. The van der Waals surface area contributed by atoms with Gasteiger partial charge in [0.05, 0.1) is 18.2 Å². The molecule has 0 aliphatic carbocycles. The summed E-state index contributed by atoms with van der Waals surface area (Å²) in [6.45, 7) is 18.1. The first kappa shape index (κ1) is 33.7. The number of esters is 1. The predicted molar refractivity (Wildman–Crippen MR) is 193 cm³/mol. The molecule has 1 N–H and O–H groups in total. The van der Waals surface area contributed by atoms with Crippen molar-refractivity contribution in [2.45, 2.75) is 86.2 Å². The van der Waals surface area contributed by atoms with E-state index in [1.807, 2.05) is 44.2 Å². The Kier molecular flexibility index (Phi) is 10.0. The van der Waals surface area contributed by atoms with Gasteiger partial charge in [-0.15, -0.1) is 0 Å². The fourth-order valence-corrected chi connectivity index (χ4v) is 6.07. The van der Waals surface area contributed by atoms with Crippen LogP contribution in [-0.2, 0) is 16.7 Å². The van der Waals surface area contributed by atoms with Gasteiger partial charge in [0.15, 0.2) is 0 Å². The van der Waals surface area contributed by atoms with Crippen LogP contribution in [0.1, 0.15) is 108 Å². The average Bonchev–Trinajstić information content (AvgIpc) is 3.29. The molecule has 0 radical (unpaired) electrons. The van der Waals surface area contributed by atoms with Crippen molar-refractivity contribution in [3.05, 3.63) is 130 Å². The lowest BCUT2D eigenvalue weighted by Gasteiger charge is -2.21. The molecule has 0 bridgehead atoms. The van der Waals surface area contributed by atoms with Gasteiger partial charge in [-0.05, 0) is 97.2 Å². The minimum Gasteiger partial charge on any atom is -0.462 e. The van der Waals surface area contributed by atoms with Crippen molar-refractivity contribution in [1.29, 1.82) is 0 Å². The van der Waals surface area contributed by atoms with Gasteiger partial charge in [0.2, 0.25) is 0 Å². The van der Waals surface area contributed by atoms with Crippen LogP contribution >= 0.6 is 0 Å². The van der Waals surface area contributed by atoms with Gasteiger partial charge in [0, 0.05) is 28.7 Å². The zero-order valence-corrected chi connectivity index (χ0v) is 29.2. The number of ether oxygens (including phenoxy) is 1. The summed E-state index contributed by atoms with van der Waals surface area (Å²) in [4.78, 5) is 26.3. The Balaban J connectivity index is 1.33. The molecule has 0 fully saturated rings. The zero-order valence-electron chi connectivity index (χ0n) is 29.2. The van der Waals surface area contributed by atoms with Crippen LogP contribution in [-0.4, -0.2) is 23.1 Å². The maximum absolute atomic E-state index is 13.3. The fraction of sp³-hybridized carbons (Fsp3) is 0.333. The van der Waals surface area contributed by atoms with E-state index in [1.54, 1.807) is 0 Å². The summed E-state index contributed by atoms with van der Waals surface area (Å²) < 4.78 is 7.86. The first-order valence-electron chi connectivity index (χ1n) is 16.7. The van der Waals surface area contributed by atoms with Crippen LogP contribution in [0.4, 0.5) is 0 Å². The van der Waals surface area contributed by atoms with Crippen LogP contribution in [0, 0.1) is 20.8 Å². The van der Waals surface area contributed by atoms with E-state index in [0.717, 1.165) is 51.6 Å². The first-order chi connectivity index (χ1) is 22.4. The van der Waals surface area contributed by atoms with Crippen LogP contribution in [0.2, 0.25) is 0 Å². The molecule has 4 aromatic carbocycles. The number of hydrogen-bond donors (Lipinski definition) is 1. The van der Waals surface area contributed by atoms with E-state index in [2.05, 4.69) is 106 Å². The minimum atomic E-state index is -0.275. The van der Waals surface area contributed by atoms with E-state index in [1.165, 1.54) is 16.8 Å². The van der Waals surface area contributed by atoms with Crippen LogP contribution in [0.15, 0.2) is 84.9 Å². The molecule has 1 aromatic heterocycles. The molecule has 244 valence electrons. The number of benzene rings is 4. The lowest BCUT2D eigenvalue weighted by molar-refractivity contribution is 0.0500. The Labute approximate surface area is 280 Å². The number of nitrogens with zero attached hydrogens (tertiary/aromatic N) is 1. The van der Waals surface area contributed by atoms with E-state index >= 15 is 0 Å². The first-order valence-corrected chi connectivity index (χ1v) is 16.7. The fourth-order valence-electron chi connectivity index (χ4n) is 6.07. The van der Waals surface area contributed by atoms with Crippen molar-refractivity contribution >= 4 is 22.8 Å². The topological polar surface area (TPSA) is 60.3 Å². The quantitative estimate of drug-likeness (QED) is 0.124. The van der Waals surface area contributed by atoms with Crippen molar-refractivity contribution in [3.63, 3.8) is 0 Å². The molecule has 5 rings (SSSR count). The highest BCUT2D eigenvalue weighted by Gasteiger charge is 2.19. The maximum Gasteiger partial charge on any atom is 0.338 e. The van der Waals surface area contributed by atoms with Gasteiger partial charge in [0.1, 0.15) is 0 Å². The number of hydrogen-bond acceptors (Lipinski definition) is 3. The molecule has 0 saturated carbocycles. The van der Waals surface area contributed by atoms with Crippen LogP contribution in [0.25, 0.3) is 22.0 Å². The summed E-state index contributed by atoms with van der Waals surface area (Å²) in [5, 5.41) is 4.27. The Hall–Kier alpha value is -4.64. The van der Waals surface area contributed by atoms with Crippen molar-refractivity contribution in [2.75, 3.05) is 6.61 Å². The number of rotatable bonds is 10. The average molecular weight is 629 g/mol. The van der Waals surface area contributed by atoms with Crippen molar-refractivity contribution in [3.8, 4) is 11.1 Å². The van der Waals surface area contributed by atoms with Gasteiger partial charge in [-0.25, -0.2) is 4.79 Å². The maximum atomic E-state index is 13.3. The molecule has 5 nitrogen and oxygen atoms in total. The number of carbonyl (C=O) groups excluding carboxylic acids is 2. The van der Waals surface area contributed by atoms with Gasteiger partial charge >= 0.3 is 5.97 Å². The molecular formula is C42H48N2O3. The van der Waals surface area contributed by atoms with Crippen LogP contribution < -0.4 is 5.32 Å². The standard InChI is InChI=1S/C42H48N2O3/c1-9-10-23-47-41(46)38-24-27(2)11-21-36(38)33-14-12-31(13-15-33)26-44-30(5)28(3)37-25-34(18-22-39(37)44)40(45)43-29(4)32-16-19-35(20-17-32)42(6,7)8/h11-22,24-25,29H,9-10,23,26H2,1-8H3,(H,43,45)/t29-/m0/s1. The third kappa shape index (κ3) is 7.51. The van der Waals surface area contributed by atoms with E-state index < -0.39 is 0 Å². The van der Waals surface area contributed by atoms with Crippen molar-refractivity contribution in [1.82, 2.24) is 9.88 Å². The highest BCUT2D eigenvalue weighted by Crippen LogP contribution is 2.30. The third-order valence-corrected chi connectivity index (χ3v) is 9.26. The van der Waals surface area contributed by atoms with Gasteiger partial charge in [-0.2, -0.15) is 0 Å². The molecule has 0 aliphatic rings. The summed E-state index contributed by atoms with van der Waals surface area (Å²) in [7, 11) is 0. The van der Waals surface area contributed by atoms with Crippen LogP contribution in [0.3, 0.4) is 0 Å². The molecule has 0 aliphatic heterocycles. The number of aryl methyl sites for hydroxylation is 2. The number of carbonyl (C=O) groups is 2. The normalized spacial score (nSPS) is 12.3. The van der Waals surface area contributed by atoms with E-state index in [4.69, 9.17) is 4.74 Å². The van der Waals surface area contributed by atoms with Crippen LogP contribution in [0.5, 0.6) is 0 Å². The lowest BCUT2D eigenvalue weighted by Crippen LogP contribution is -2.26. The molecule has 0 unspecified atom stereocenters. The molecule has 0 saturated heterocycles. The van der Waals surface area contributed by atoms with Gasteiger partial charge in [0.25, 0.3) is 5.91 Å². The Morgan fingerprint density at radius 2 is 1.57 bits per heavy atom. The predicted octanol–water partition coefficient (Wildman–Crippen LogP) is 10.0. The Morgan fingerprint density at radius 3 is 2.23 bits per heavy atom. The second kappa shape index (κ2) is 14.0. The summed E-state index contributed by atoms with van der Waals surface area (Å²) in [5.74, 6) is -0.354. The number of amides is 1. The van der Waals surface area contributed by atoms with Crippen molar-refractivity contribution < 1.29 is 14.3 Å². The molecular weight excluding hydrogens is 580 g/mol. The highest BCUT2D eigenvalue weighted by atomic mass is 16.5. The second-order valence-corrected chi connectivity index (χ2v) is 13.8. The van der Waals surface area contributed by atoms with E-state index in [-0.39, 0.29) is 23.3 Å². The Morgan fingerprint density at radius 1 is 0.872 bits per heavy atom. The largest absolute Gasteiger partial charge is 0.462 e. The summed E-state index contributed by atoms with van der Waals surface area (Å²) in [6, 6.07) is 28.8. The third-order valence-electron chi connectivity index (χ3n) is 9.26. The van der Waals surface area contributed by atoms with E-state index in [0.29, 0.717) is 24.3 Å². The lowest BCUT2D eigenvalue weighted by atomic mass is 9.86. The smallest absolute Gasteiger partial charge is 0.338 e. The number of aromatic nitrogens is 1. The van der Waals surface area contributed by atoms with Gasteiger partial charge in [-0.3, -0.25) is 4.79 Å². The van der Waals surface area contributed by atoms with E-state index in [9.17, 15) is 9.59 Å². The summed E-state index contributed by atoms with van der Waals surface area (Å²) in [5.41, 5.74) is 11.2. The summed E-state index contributed by atoms with van der Waals surface area (Å²) in [6.07, 6.45) is 1.84. The number of nitrogens with one attached hydrogen (secondary N) is 1. The second-order valence-electron chi connectivity index (χ2n) is 13.8. The zero-order chi connectivity index (χ0) is 33.9. The summed E-state index contributed by atoms with van der Waals surface area (Å²) >= 11 is 0. The molecule has 1 amide bonds. The highest BCUT2D eigenvalue weighted by molar-refractivity contribution is 5.99. The van der Waals surface area contributed by atoms with Crippen molar-refractivity contribution in [2.24, 2.45) is 0 Å². The monoisotopic (exact) mass is 628 g/mol.